The number of benzene rings is 2. The van der Waals surface area contributed by atoms with Crippen LogP contribution in [0.2, 0.25) is 0 Å². The van der Waals surface area contributed by atoms with E-state index in [0.29, 0.717) is 22.2 Å². The summed E-state index contributed by atoms with van der Waals surface area (Å²) in [7, 11) is 0. The maximum absolute atomic E-state index is 13.1. The lowest BCUT2D eigenvalue weighted by Crippen LogP contribution is -2.40. The molecule has 0 radical (unpaired) electrons. The molecule has 0 aliphatic heterocycles. The standard InChI is InChI=1S/C20H24O5S4/c21-16(14-5-2-1-3-6-14)13-23-17-8-4-7-15(18(17)28)19(22)20(29,24-9-11-26)25-10-12-27/h1-8,16,21,26-29H,9-13H2. The number of Topliss-reactive ketones (excluding diaryl/α,β-unsaturated/α-hetero) is 1. The molecular weight excluding hydrogens is 448 g/mol. The Balaban J connectivity index is 2.18. The summed E-state index contributed by atoms with van der Waals surface area (Å²) in [6.07, 6.45) is -0.815. The second kappa shape index (κ2) is 12.1. The number of hydrogen-bond donors (Lipinski definition) is 5. The number of hydrogen-bond acceptors (Lipinski definition) is 9. The number of carbonyl (C=O) groups excluding carboxylic acids is 1. The average Bonchev–Trinajstić information content (AvgIpc) is 2.75. The molecule has 0 saturated carbocycles. The zero-order valence-corrected chi connectivity index (χ0v) is 19.2. The van der Waals surface area contributed by atoms with E-state index in [1.807, 2.05) is 30.3 Å². The Kier molecular flexibility index (Phi) is 10.2. The minimum atomic E-state index is -1.79. The maximum Gasteiger partial charge on any atom is 0.282 e. The molecule has 0 heterocycles. The predicted octanol–water partition coefficient (Wildman–Crippen LogP) is 3.75. The van der Waals surface area contributed by atoms with E-state index in [2.05, 4.69) is 50.5 Å². The van der Waals surface area contributed by atoms with Crippen LogP contribution in [-0.4, -0.2) is 47.3 Å². The highest BCUT2D eigenvalue weighted by molar-refractivity contribution is 7.82. The third kappa shape index (κ3) is 6.85. The average molecular weight is 473 g/mol. The first-order valence-corrected chi connectivity index (χ1v) is 11.0. The van der Waals surface area contributed by atoms with Gasteiger partial charge in [0.25, 0.3) is 5.12 Å². The molecule has 0 fully saturated rings. The summed E-state index contributed by atoms with van der Waals surface area (Å²) in [4.78, 5) is 13.4. The van der Waals surface area contributed by atoms with Crippen molar-refractivity contribution in [3.63, 3.8) is 0 Å². The fourth-order valence-electron chi connectivity index (χ4n) is 2.47. The number of aliphatic hydroxyl groups is 1. The van der Waals surface area contributed by atoms with Crippen molar-refractivity contribution in [1.29, 1.82) is 0 Å². The van der Waals surface area contributed by atoms with Crippen molar-refractivity contribution in [2.45, 2.75) is 16.1 Å². The lowest BCUT2D eigenvalue weighted by Gasteiger charge is -2.27. The zero-order chi connectivity index (χ0) is 21.3. The van der Waals surface area contributed by atoms with Crippen LogP contribution in [0.1, 0.15) is 22.0 Å². The highest BCUT2D eigenvalue weighted by Crippen LogP contribution is 2.33. The highest BCUT2D eigenvalue weighted by atomic mass is 32.1. The van der Waals surface area contributed by atoms with E-state index in [1.165, 1.54) is 0 Å². The maximum atomic E-state index is 13.1. The van der Waals surface area contributed by atoms with Gasteiger partial charge in [0.05, 0.1) is 18.1 Å². The molecule has 158 valence electrons. The van der Waals surface area contributed by atoms with E-state index in [1.54, 1.807) is 18.2 Å². The fraction of sp³-hybridized carbons (Fsp3) is 0.350. The summed E-state index contributed by atoms with van der Waals surface area (Å²) < 4.78 is 16.7. The van der Waals surface area contributed by atoms with E-state index in [4.69, 9.17) is 14.2 Å². The van der Waals surface area contributed by atoms with E-state index in [0.717, 1.165) is 5.56 Å². The molecule has 0 aromatic heterocycles. The summed E-state index contributed by atoms with van der Waals surface area (Å²) in [5.41, 5.74) is 0.962. The Morgan fingerprint density at radius 2 is 1.62 bits per heavy atom. The third-order valence-corrected chi connectivity index (χ3v) is 5.18. The summed E-state index contributed by atoms with van der Waals surface area (Å²) in [5, 5.41) is 8.50. The minimum absolute atomic E-state index is 0.00748. The van der Waals surface area contributed by atoms with Crippen LogP contribution in [-0.2, 0) is 9.47 Å². The van der Waals surface area contributed by atoms with Crippen LogP contribution in [0.4, 0.5) is 0 Å². The molecule has 0 amide bonds. The van der Waals surface area contributed by atoms with Crippen LogP contribution < -0.4 is 4.74 Å². The van der Waals surface area contributed by atoms with Crippen molar-refractivity contribution in [2.75, 3.05) is 31.3 Å². The molecule has 9 heteroatoms. The van der Waals surface area contributed by atoms with Crippen LogP contribution in [0.5, 0.6) is 5.75 Å². The number of rotatable bonds is 12. The first kappa shape index (κ1) is 24.5. The number of ketones is 1. The molecule has 0 aliphatic rings. The van der Waals surface area contributed by atoms with Gasteiger partial charge in [-0.1, -0.05) is 36.4 Å². The monoisotopic (exact) mass is 472 g/mol. The second-order valence-electron chi connectivity index (χ2n) is 5.94. The van der Waals surface area contributed by atoms with Gasteiger partial charge in [-0.05, 0) is 17.7 Å². The van der Waals surface area contributed by atoms with Crippen LogP contribution in [0.15, 0.2) is 53.4 Å². The van der Waals surface area contributed by atoms with Gasteiger partial charge in [0.15, 0.2) is 0 Å². The van der Waals surface area contributed by atoms with E-state index < -0.39 is 17.0 Å². The zero-order valence-electron chi connectivity index (χ0n) is 15.6. The largest absolute Gasteiger partial charge is 0.489 e. The third-order valence-electron chi connectivity index (χ3n) is 3.89. The Bertz CT molecular complexity index is 780. The quantitative estimate of drug-likeness (QED) is 0.185. The summed E-state index contributed by atoms with van der Waals surface area (Å²) in [6, 6.07) is 14.1. The number of carbonyl (C=O) groups is 1. The van der Waals surface area contributed by atoms with Gasteiger partial charge in [-0.3, -0.25) is 4.79 Å². The summed E-state index contributed by atoms with van der Waals surface area (Å²) >= 11 is 17.0. The van der Waals surface area contributed by atoms with Gasteiger partial charge in [0, 0.05) is 17.1 Å². The lowest BCUT2D eigenvalue weighted by atomic mass is 10.1. The number of ether oxygens (including phenoxy) is 3. The summed E-state index contributed by atoms with van der Waals surface area (Å²) in [6.45, 7) is 0.353. The number of thiol groups is 4. The van der Waals surface area contributed by atoms with Gasteiger partial charge in [-0.15, -0.1) is 25.3 Å². The van der Waals surface area contributed by atoms with Crippen molar-refractivity contribution >= 4 is 56.3 Å². The fourth-order valence-corrected chi connectivity index (χ4v) is 3.27. The van der Waals surface area contributed by atoms with Crippen molar-refractivity contribution in [2.24, 2.45) is 0 Å². The van der Waals surface area contributed by atoms with Gasteiger partial charge < -0.3 is 19.3 Å². The molecule has 1 unspecified atom stereocenters. The first-order chi connectivity index (χ1) is 13.9. The molecule has 2 aromatic rings. The van der Waals surface area contributed by atoms with E-state index >= 15 is 0 Å². The van der Waals surface area contributed by atoms with Gasteiger partial charge >= 0.3 is 0 Å². The molecule has 1 atom stereocenters. The lowest BCUT2D eigenvalue weighted by molar-refractivity contribution is -0.131. The van der Waals surface area contributed by atoms with Crippen LogP contribution >= 0.6 is 50.5 Å². The van der Waals surface area contributed by atoms with E-state index in [-0.39, 0.29) is 25.4 Å². The van der Waals surface area contributed by atoms with E-state index in [9.17, 15) is 9.90 Å². The van der Waals surface area contributed by atoms with Gasteiger partial charge in [0.2, 0.25) is 5.78 Å². The molecule has 29 heavy (non-hydrogen) atoms. The van der Waals surface area contributed by atoms with Crippen LogP contribution in [0, 0.1) is 0 Å². The second-order valence-corrected chi connectivity index (χ2v) is 7.88. The topological polar surface area (TPSA) is 65.0 Å². The Morgan fingerprint density at radius 3 is 2.21 bits per heavy atom. The number of aliphatic hydroxyl groups excluding tert-OH is 1. The van der Waals surface area contributed by atoms with Crippen LogP contribution in [0.3, 0.4) is 0 Å². The summed E-state index contributed by atoms with van der Waals surface area (Å²) in [5.74, 6) is 0.638. The molecule has 0 saturated heterocycles. The molecular formula is C20H24O5S4. The molecule has 5 nitrogen and oxygen atoms in total. The SMILES string of the molecule is O=C(c1cccc(OCC(O)c2ccccc2)c1S)C(S)(OCCS)OCCS. The van der Waals surface area contributed by atoms with Crippen molar-refractivity contribution in [3.8, 4) is 5.75 Å². The van der Waals surface area contributed by atoms with Gasteiger partial charge in [0.1, 0.15) is 18.5 Å². The molecule has 1 N–H and O–H groups in total. The Morgan fingerprint density at radius 1 is 1.00 bits per heavy atom. The molecule has 2 aromatic carbocycles. The molecule has 0 bridgehead atoms. The predicted molar refractivity (Wildman–Crippen MR) is 126 cm³/mol. The smallest absolute Gasteiger partial charge is 0.282 e. The Hall–Kier alpha value is -0.810. The highest BCUT2D eigenvalue weighted by Gasteiger charge is 2.39. The molecule has 0 aliphatic carbocycles. The molecule has 2 rings (SSSR count). The van der Waals surface area contributed by atoms with Gasteiger partial charge in [-0.2, -0.15) is 25.3 Å². The van der Waals surface area contributed by atoms with Crippen molar-refractivity contribution in [3.05, 3.63) is 59.7 Å². The molecule has 0 spiro atoms. The minimum Gasteiger partial charge on any atom is -0.489 e. The first-order valence-electron chi connectivity index (χ1n) is 8.87. The normalized spacial score (nSPS) is 12.6. The van der Waals surface area contributed by atoms with Crippen LogP contribution in [0.25, 0.3) is 0 Å². The Labute approximate surface area is 192 Å². The van der Waals surface area contributed by atoms with Gasteiger partial charge in [-0.25, -0.2) is 0 Å². The van der Waals surface area contributed by atoms with Crippen molar-refractivity contribution < 1.29 is 24.1 Å². The van der Waals surface area contributed by atoms with Crippen molar-refractivity contribution in [1.82, 2.24) is 0 Å².